The highest BCUT2D eigenvalue weighted by Crippen LogP contribution is 2.02. The molecule has 0 spiro atoms. The minimum absolute atomic E-state index is 0.192. The van der Waals surface area contributed by atoms with Crippen LogP contribution in [0.15, 0.2) is 42.7 Å². The van der Waals surface area contributed by atoms with E-state index >= 15 is 0 Å². The minimum Gasteiger partial charge on any atom is -0.453 e. The normalized spacial score (nSPS) is 9.96. The molecular weight excluding hydrogens is 296 g/mol. The van der Waals surface area contributed by atoms with Crippen LogP contribution in [0.25, 0.3) is 0 Å². The number of methoxy groups -OCH3 is 1. The second-order valence-electron chi connectivity index (χ2n) is 4.71. The van der Waals surface area contributed by atoms with E-state index in [1.807, 2.05) is 18.2 Å². The first-order valence-corrected chi connectivity index (χ1v) is 7.14. The first-order valence-electron chi connectivity index (χ1n) is 7.14. The van der Waals surface area contributed by atoms with Crippen LogP contribution in [0.2, 0.25) is 0 Å². The maximum Gasteiger partial charge on any atom is 0.407 e. The van der Waals surface area contributed by atoms with Gasteiger partial charge in [0.2, 0.25) is 0 Å². The van der Waals surface area contributed by atoms with Crippen LogP contribution in [0.1, 0.15) is 21.7 Å². The summed E-state index contributed by atoms with van der Waals surface area (Å²) in [5.41, 5.74) is 1.99. The molecule has 0 radical (unpaired) electrons. The molecule has 0 aliphatic rings. The Morgan fingerprint density at radius 3 is 2.65 bits per heavy atom. The van der Waals surface area contributed by atoms with E-state index in [0.717, 1.165) is 5.69 Å². The van der Waals surface area contributed by atoms with Gasteiger partial charge in [-0.15, -0.1) is 0 Å². The van der Waals surface area contributed by atoms with Crippen LogP contribution in [0.4, 0.5) is 4.79 Å². The lowest BCUT2D eigenvalue weighted by Gasteiger charge is -2.07. The molecule has 23 heavy (non-hydrogen) atoms. The van der Waals surface area contributed by atoms with E-state index in [4.69, 9.17) is 0 Å². The summed E-state index contributed by atoms with van der Waals surface area (Å²) in [6.45, 7) is 0.690. The van der Waals surface area contributed by atoms with E-state index in [1.165, 1.54) is 13.3 Å². The van der Waals surface area contributed by atoms with Gasteiger partial charge in [0.25, 0.3) is 5.91 Å². The molecule has 2 amide bonds. The van der Waals surface area contributed by atoms with Crippen LogP contribution in [-0.4, -0.2) is 35.6 Å². The summed E-state index contributed by atoms with van der Waals surface area (Å²) >= 11 is 0. The molecule has 120 valence electrons. The van der Waals surface area contributed by atoms with Crippen LogP contribution in [0, 0.1) is 0 Å². The summed E-state index contributed by atoms with van der Waals surface area (Å²) < 4.78 is 4.48. The van der Waals surface area contributed by atoms with Gasteiger partial charge >= 0.3 is 6.09 Å². The molecular formula is C16H18N4O3. The molecule has 0 aliphatic carbocycles. The Morgan fingerprint density at radius 2 is 1.91 bits per heavy atom. The lowest BCUT2D eigenvalue weighted by atomic mass is 10.2. The average Bonchev–Trinajstić information content (AvgIpc) is 2.60. The molecule has 0 unspecified atom stereocenters. The smallest absolute Gasteiger partial charge is 0.407 e. The fourth-order valence-corrected chi connectivity index (χ4v) is 1.90. The maximum absolute atomic E-state index is 12.1. The van der Waals surface area contributed by atoms with Crippen LogP contribution in [0.5, 0.6) is 0 Å². The number of hydrogen-bond acceptors (Lipinski definition) is 5. The van der Waals surface area contributed by atoms with Crippen molar-refractivity contribution >= 4 is 12.0 Å². The number of rotatable bonds is 6. The highest BCUT2D eigenvalue weighted by atomic mass is 16.5. The summed E-state index contributed by atoms with van der Waals surface area (Å²) in [4.78, 5) is 31.4. The molecule has 0 saturated carbocycles. The predicted molar refractivity (Wildman–Crippen MR) is 83.8 cm³/mol. The van der Waals surface area contributed by atoms with Gasteiger partial charge in [-0.1, -0.05) is 6.07 Å². The molecule has 0 saturated heterocycles. The SMILES string of the molecule is COC(=O)NCc1cc(C(=O)NCCc2ccccn2)ccn1. The van der Waals surface area contributed by atoms with E-state index in [1.54, 1.807) is 18.3 Å². The van der Waals surface area contributed by atoms with E-state index in [2.05, 4.69) is 25.3 Å². The number of alkyl carbamates (subject to hydrolysis) is 1. The molecule has 0 atom stereocenters. The van der Waals surface area contributed by atoms with Crippen molar-refractivity contribution < 1.29 is 14.3 Å². The number of hydrogen-bond donors (Lipinski definition) is 2. The fourth-order valence-electron chi connectivity index (χ4n) is 1.90. The van der Waals surface area contributed by atoms with E-state index in [0.29, 0.717) is 24.2 Å². The van der Waals surface area contributed by atoms with E-state index in [9.17, 15) is 9.59 Å². The van der Waals surface area contributed by atoms with Crippen molar-refractivity contribution in [1.29, 1.82) is 0 Å². The number of nitrogens with one attached hydrogen (secondary N) is 2. The monoisotopic (exact) mass is 314 g/mol. The zero-order chi connectivity index (χ0) is 16.5. The Morgan fingerprint density at radius 1 is 1.09 bits per heavy atom. The third-order valence-electron chi connectivity index (χ3n) is 3.07. The second kappa shape index (κ2) is 8.47. The molecule has 2 rings (SSSR count). The molecule has 7 nitrogen and oxygen atoms in total. The van der Waals surface area contributed by atoms with Gasteiger partial charge in [-0.2, -0.15) is 0 Å². The summed E-state index contributed by atoms with van der Waals surface area (Å²) in [5.74, 6) is -0.192. The zero-order valence-electron chi connectivity index (χ0n) is 12.8. The van der Waals surface area contributed by atoms with Gasteiger partial charge in [0.1, 0.15) is 0 Å². The summed E-state index contributed by atoms with van der Waals surface area (Å²) in [6, 6.07) is 8.93. The highest BCUT2D eigenvalue weighted by Gasteiger charge is 2.07. The first kappa shape index (κ1) is 16.4. The first-order chi connectivity index (χ1) is 11.2. The number of amides is 2. The van der Waals surface area contributed by atoms with Gasteiger partial charge in [0, 0.05) is 36.6 Å². The predicted octanol–water partition coefficient (Wildman–Crippen LogP) is 1.31. The number of pyridine rings is 2. The Kier molecular flexibility index (Phi) is 6.05. The Labute approximate surface area is 134 Å². The molecule has 7 heteroatoms. The number of carbonyl (C=O) groups is 2. The molecule has 0 bridgehead atoms. The van der Waals surface area contributed by atoms with E-state index in [-0.39, 0.29) is 12.5 Å². The van der Waals surface area contributed by atoms with E-state index < -0.39 is 6.09 Å². The summed E-state index contributed by atoms with van der Waals surface area (Å²) in [7, 11) is 1.29. The van der Waals surface area contributed by atoms with Crippen LogP contribution in [0.3, 0.4) is 0 Å². The number of ether oxygens (including phenoxy) is 1. The van der Waals surface area contributed by atoms with Gasteiger partial charge in [0.15, 0.2) is 0 Å². The van der Waals surface area contributed by atoms with Crippen molar-refractivity contribution in [1.82, 2.24) is 20.6 Å². The van der Waals surface area contributed by atoms with Gasteiger partial charge in [-0.3, -0.25) is 14.8 Å². The van der Waals surface area contributed by atoms with Crippen molar-refractivity contribution in [2.45, 2.75) is 13.0 Å². The number of aromatic nitrogens is 2. The molecule has 0 aliphatic heterocycles. The molecule has 2 heterocycles. The Bertz CT molecular complexity index is 661. The van der Waals surface area contributed by atoms with Crippen molar-refractivity contribution in [3.8, 4) is 0 Å². The molecule has 0 aromatic carbocycles. The Balaban J connectivity index is 1.85. The standard InChI is InChI=1S/C16H18N4O3/c1-23-16(22)20-11-14-10-12(5-8-18-14)15(21)19-9-6-13-4-2-3-7-17-13/h2-5,7-8,10H,6,9,11H2,1H3,(H,19,21)(H,20,22). The third kappa shape index (κ3) is 5.39. The van der Waals surface area contributed by atoms with Gasteiger partial charge in [-0.25, -0.2) is 4.79 Å². The van der Waals surface area contributed by atoms with Crippen LogP contribution >= 0.6 is 0 Å². The highest BCUT2D eigenvalue weighted by molar-refractivity contribution is 5.94. The van der Waals surface area contributed by atoms with Crippen LogP contribution in [-0.2, 0) is 17.7 Å². The number of carbonyl (C=O) groups excluding carboxylic acids is 2. The fraction of sp³-hybridized carbons (Fsp3) is 0.250. The minimum atomic E-state index is -0.544. The lowest BCUT2D eigenvalue weighted by molar-refractivity contribution is 0.0954. The maximum atomic E-state index is 12.1. The van der Waals surface area contributed by atoms with Gasteiger partial charge in [0.05, 0.1) is 19.3 Å². The average molecular weight is 314 g/mol. The second-order valence-corrected chi connectivity index (χ2v) is 4.71. The summed E-state index contributed by atoms with van der Waals surface area (Å²) in [6.07, 6.45) is 3.37. The molecule has 0 fully saturated rings. The van der Waals surface area contributed by atoms with Crippen molar-refractivity contribution in [2.75, 3.05) is 13.7 Å². The topological polar surface area (TPSA) is 93.2 Å². The summed E-state index contributed by atoms with van der Waals surface area (Å²) in [5, 5.41) is 5.35. The molecule has 2 aromatic heterocycles. The van der Waals surface area contributed by atoms with Crippen LogP contribution < -0.4 is 10.6 Å². The molecule has 2 aromatic rings. The lowest BCUT2D eigenvalue weighted by Crippen LogP contribution is -2.26. The third-order valence-corrected chi connectivity index (χ3v) is 3.07. The molecule has 2 N–H and O–H groups in total. The number of nitrogens with zero attached hydrogens (tertiary/aromatic N) is 2. The van der Waals surface area contributed by atoms with Crippen molar-refractivity contribution in [2.24, 2.45) is 0 Å². The van der Waals surface area contributed by atoms with Gasteiger partial charge in [-0.05, 0) is 24.3 Å². The largest absolute Gasteiger partial charge is 0.453 e. The van der Waals surface area contributed by atoms with Gasteiger partial charge < -0.3 is 15.4 Å². The Hall–Kier alpha value is -2.96. The zero-order valence-corrected chi connectivity index (χ0v) is 12.8. The quantitative estimate of drug-likeness (QED) is 0.838. The van der Waals surface area contributed by atoms with Crippen molar-refractivity contribution in [3.63, 3.8) is 0 Å². The van der Waals surface area contributed by atoms with Crippen molar-refractivity contribution in [3.05, 3.63) is 59.7 Å².